The first-order valence-electron chi connectivity index (χ1n) is 7.68. The molecule has 0 spiro atoms. The Morgan fingerprint density at radius 2 is 2.08 bits per heavy atom. The third-order valence-electron chi connectivity index (χ3n) is 3.65. The highest BCUT2D eigenvalue weighted by molar-refractivity contribution is 9.10. The van der Waals surface area contributed by atoms with Gasteiger partial charge in [0.1, 0.15) is 0 Å². The predicted molar refractivity (Wildman–Crippen MR) is 97.9 cm³/mol. The SMILES string of the molecule is CCOc1cc(/C=C(/C#N)c2ccc3c(c2)OCO3)cc(Br)c1OC. The van der Waals surface area contributed by atoms with Crippen molar-refractivity contribution in [3.05, 3.63) is 45.9 Å². The van der Waals surface area contributed by atoms with Crippen molar-refractivity contribution in [3.8, 4) is 29.1 Å². The van der Waals surface area contributed by atoms with Gasteiger partial charge in [-0.3, -0.25) is 0 Å². The highest BCUT2D eigenvalue weighted by Gasteiger charge is 2.15. The van der Waals surface area contributed by atoms with Crippen molar-refractivity contribution >= 4 is 27.6 Å². The Kier molecular flexibility index (Phi) is 5.15. The van der Waals surface area contributed by atoms with Gasteiger partial charge in [-0.15, -0.1) is 0 Å². The molecule has 6 heteroatoms. The Hall–Kier alpha value is -2.65. The second-order valence-electron chi connectivity index (χ2n) is 5.20. The Morgan fingerprint density at radius 1 is 1.28 bits per heavy atom. The van der Waals surface area contributed by atoms with Crippen LogP contribution in [0.5, 0.6) is 23.0 Å². The van der Waals surface area contributed by atoms with E-state index < -0.39 is 0 Å². The van der Waals surface area contributed by atoms with Crippen molar-refractivity contribution in [2.45, 2.75) is 6.92 Å². The van der Waals surface area contributed by atoms with Gasteiger partial charge in [-0.25, -0.2) is 0 Å². The molecule has 2 aromatic carbocycles. The Labute approximate surface area is 154 Å². The molecule has 0 aliphatic carbocycles. The smallest absolute Gasteiger partial charge is 0.231 e. The quantitative estimate of drug-likeness (QED) is 0.538. The minimum Gasteiger partial charge on any atom is -0.492 e. The summed E-state index contributed by atoms with van der Waals surface area (Å²) < 4.78 is 22.4. The monoisotopic (exact) mass is 401 g/mol. The Balaban J connectivity index is 2.01. The first kappa shape index (κ1) is 17.2. The molecule has 0 fully saturated rings. The number of nitriles is 1. The van der Waals surface area contributed by atoms with E-state index in [9.17, 15) is 5.26 Å². The van der Waals surface area contributed by atoms with Crippen molar-refractivity contribution in [3.63, 3.8) is 0 Å². The van der Waals surface area contributed by atoms with Crippen LogP contribution in [-0.2, 0) is 0 Å². The molecule has 0 aromatic heterocycles. The number of fused-ring (bicyclic) bond motifs is 1. The van der Waals surface area contributed by atoms with E-state index in [1.807, 2.05) is 25.1 Å². The molecular weight excluding hydrogens is 386 g/mol. The van der Waals surface area contributed by atoms with E-state index in [-0.39, 0.29) is 6.79 Å². The Bertz CT molecular complexity index is 870. The zero-order chi connectivity index (χ0) is 17.8. The van der Waals surface area contributed by atoms with Crippen LogP contribution in [0, 0.1) is 11.3 Å². The van der Waals surface area contributed by atoms with Gasteiger partial charge in [-0.05, 0) is 70.4 Å². The molecule has 1 heterocycles. The van der Waals surface area contributed by atoms with Gasteiger partial charge in [-0.1, -0.05) is 0 Å². The number of hydrogen-bond acceptors (Lipinski definition) is 5. The van der Waals surface area contributed by atoms with Gasteiger partial charge in [0.15, 0.2) is 23.0 Å². The standard InChI is InChI=1S/C19H16BrNO4/c1-3-23-18-8-12(7-15(20)19(18)22-2)6-14(10-21)13-4-5-16-17(9-13)25-11-24-16/h4-9H,3,11H2,1-2H3/b14-6-. The van der Waals surface area contributed by atoms with Crippen molar-refractivity contribution in [1.82, 2.24) is 0 Å². The number of methoxy groups -OCH3 is 1. The lowest BCUT2D eigenvalue weighted by Gasteiger charge is -2.12. The normalized spacial score (nSPS) is 12.6. The van der Waals surface area contributed by atoms with Gasteiger partial charge >= 0.3 is 0 Å². The third kappa shape index (κ3) is 3.57. The lowest BCUT2D eigenvalue weighted by atomic mass is 10.0. The van der Waals surface area contributed by atoms with Crippen molar-refractivity contribution < 1.29 is 18.9 Å². The molecule has 5 nitrogen and oxygen atoms in total. The molecule has 0 saturated carbocycles. The van der Waals surface area contributed by atoms with Gasteiger partial charge in [0.05, 0.1) is 29.8 Å². The van der Waals surface area contributed by atoms with E-state index in [1.165, 1.54) is 0 Å². The molecule has 1 aliphatic rings. The molecule has 128 valence electrons. The number of halogens is 1. The molecule has 0 unspecified atom stereocenters. The largest absolute Gasteiger partial charge is 0.492 e. The summed E-state index contributed by atoms with van der Waals surface area (Å²) in [6.45, 7) is 2.62. The average Bonchev–Trinajstić information content (AvgIpc) is 3.07. The van der Waals surface area contributed by atoms with Crippen LogP contribution in [0.3, 0.4) is 0 Å². The maximum Gasteiger partial charge on any atom is 0.231 e. The molecule has 2 aromatic rings. The lowest BCUT2D eigenvalue weighted by molar-refractivity contribution is 0.174. The molecule has 25 heavy (non-hydrogen) atoms. The molecule has 0 atom stereocenters. The number of rotatable bonds is 5. The number of allylic oxidation sites excluding steroid dienone is 1. The Morgan fingerprint density at radius 3 is 2.80 bits per heavy atom. The molecule has 0 bridgehead atoms. The molecule has 3 rings (SSSR count). The second-order valence-corrected chi connectivity index (χ2v) is 6.06. The second kappa shape index (κ2) is 7.49. The van der Waals surface area contributed by atoms with Crippen molar-refractivity contribution in [2.75, 3.05) is 20.5 Å². The van der Waals surface area contributed by atoms with Crippen LogP contribution >= 0.6 is 15.9 Å². The van der Waals surface area contributed by atoms with Gasteiger partial charge in [-0.2, -0.15) is 5.26 Å². The number of nitrogens with zero attached hydrogens (tertiary/aromatic N) is 1. The number of hydrogen-bond donors (Lipinski definition) is 0. The third-order valence-corrected chi connectivity index (χ3v) is 4.24. The van der Waals surface area contributed by atoms with Crippen LogP contribution in [-0.4, -0.2) is 20.5 Å². The number of ether oxygens (including phenoxy) is 4. The summed E-state index contributed by atoms with van der Waals surface area (Å²) in [5, 5.41) is 9.57. The summed E-state index contributed by atoms with van der Waals surface area (Å²) in [5.74, 6) is 2.57. The maximum atomic E-state index is 9.57. The van der Waals surface area contributed by atoms with Gasteiger partial charge in [0.25, 0.3) is 0 Å². The van der Waals surface area contributed by atoms with E-state index >= 15 is 0 Å². The van der Waals surface area contributed by atoms with Crippen LogP contribution in [0.25, 0.3) is 11.6 Å². The summed E-state index contributed by atoms with van der Waals surface area (Å²) in [6.07, 6.45) is 1.80. The summed E-state index contributed by atoms with van der Waals surface area (Å²) in [4.78, 5) is 0. The molecule has 0 saturated heterocycles. The predicted octanol–water partition coefficient (Wildman–Crippen LogP) is 4.65. The number of benzene rings is 2. The highest BCUT2D eigenvalue weighted by Crippen LogP contribution is 2.38. The van der Waals surface area contributed by atoms with Gasteiger partial charge in [0, 0.05) is 0 Å². The minimum atomic E-state index is 0.202. The van der Waals surface area contributed by atoms with E-state index in [0.29, 0.717) is 35.2 Å². The lowest BCUT2D eigenvalue weighted by Crippen LogP contribution is -1.96. The fraction of sp³-hybridized carbons (Fsp3) is 0.211. The van der Waals surface area contributed by atoms with E-state index in [2.05, 4.69) is 22.0 Å². The molecule has 1 aliphatic heterocycles. The van der Waals surface area contributed by atoms with Crippen LogP contribution in [0.15, 0.2) is 34.8 Å². The first-order valence-corrected chi connectivity index (χ1v) is 8.47. The molecule has 0 amide bonds. The van der Waals surface area contributed by atoms with E-state index in [0.717, 1.165) is 15.6 Å². The van der Waals surface area contributed by atoms with Crippen molar-refractivity contribution in [1.29, 1.82) is 5.26 Å². The van der Waals surface area contributed by atoms with Crippen LogP contribution in [0.4, 0.5) is 0 Å². The van der Waals surface area contributed by atoms with Crippen molar-refractivity contribution in [2.24, 2.45) is 0 Å². The van der Waals surface area contributed by atoms with Gasteiger partial charge < -0.3 is 18.9 Å². The summed E-state index contributed by atoms with van der Waals surface area (Å²) in [6, 6.07) is 11.4. The summed E-state index contributed by atoms with van der Waals surface area (Å²) >= 11 is 3.48. The molecule has 0 radical (unpaired) electrons. The average molecular weight is 402 g/mol. The zero-order valence-corrected chi connectivity index (χ0v) is 15.4. The first-order chi connectivity index (χ1) is 12.2. The van der Waals surface area contributed by atoms with E-state index in [1.54, 1.807) is 25.3 Å². The van der Waals surface area contributed by atoms with Crippen LogP contribution in [0.1, 0.15) is 18.1 Å². The van der Waals surface area contributed by atoms with Gasteiger partial charge in [0.2, 0.25) is 6.79 Å². The fourth-order valence-electron chi connectivity index (χ4n) is 2.54. The topological polar surface area (TPSA) is 60.7 Å². The van der Waals surface area contributed by atoms with E-state index in [4.69, 9.17) is 18.9 Å². The summed E-state index contributed by atoms with van der Waals surface area (Å²) in [5.41, 5.74) is 2.10. The summed E-state index contributed by atoms with van der Waals surface area (Å²) in [7, 11) is 1.59. The van der Waals surface area contributed by atoms with Crippen LogP contribution in [0.2, 0.25) is 0 Å². The maximum absolute atomic E-state index is 9.57. The highest BCUT2D eigenvalue weighted by atomic mass is 79.9. The molecule has 0 N–H and O–H groups in total. The zero-order valence-electron chi connectivity index (χ0n) is 13.8. The fourth-order valence-corrected chi connectivity index (χ4v) is 3.16. The molecular formula is C19H16BrNO4. The minimum absolute atomic E-state index is 0.202. The van der Waals surface area contributed by atoms with Crippen LogP contribution < -0.4 is 18.9 Å².